The van der Waals surface area contributed by atoms with Crippen LogP contribution in [0.4, 0.5) is 14.5 Å². The lowest BCUT2D eigenvalue weighted by Crippen LogP contribution is -2.13. The van der Waals surface area contributed by atoms with E-state index in [1.54, 1.807) is 0 Å². The van der Waals surface area contributed by atoms with Crippen molar-refractivity contribution in [2.75, 3.05) is 11.3 Å². The molecule has 0 saturated carbocycles. The Kier molecular flexibility index (Phi) is 4.15. The number of rotatable bonds is 5. The number of H-pyrrole nitrogens is 1. The molecule has 0 aliphatic carbocycles. The molecule has 3 N–H and O–H groups in total. The van der Waals surface area contributed by atoms with E-state index >= 15 is 0 Å². The number of aromatic amines is 1. The molecule has 0 amide bonds. The summed E-state index contributed by atoms with van der Waals surface area (Å²) in [5.74, 6) is -0.674. The maximum absolute atomic E-state index is 13.9. The number of sulfonamides is 1. The third-order valence-corrected chi connectivity index (χ3v) is 4.80. The Morgan fingerprint density at radius 1 is 1.48 bits per heavy atom. The second kappa shape index (κ2) is 6.15. The summed E-state index contributed by atoms with van der Waals surface area (Å²) in [4.78, 5) is 2.31. The van der Waals surface area contributed by atoms with Crippen molar-refractivity contribution in [2.45, 2.75) is 11.2 Å². The van der Waals surface area contributed by atoms with Gasteiger partial charge in [-0.25, -0.2) is 21.9 Å². The lowest BCUT2D eigenvalue weighted by atomic mass is 10.1. The minimum Gasteiger partial charge on any atom is -0.391 e. The van der Waals surface area contributed by atoms with Gasteiger partial charge in [0.2, 0.25) is 6.30 Å². The molecule has 2 heterocycles. The molecule has 3 aromatic rings. The normalized spacial score (nSPS) is 12.9. The van der Waals surface area contributed by atoms with E-state index in [0.717, 1.165) is 18.5 Å². The highest BCUT2D eigenvalue weighted by molar-refractivity contribution is 7.92. The van der Waals surface area contributed by atoms with E-state index in [2.05, 4.69) is 14.8 Å². The van der Waals surface area contributed by atoms with Crippen LogP contribution in [0.25, 0.3) is 10.9 Å². The van der Waals surface area contributed by atoms with Crippen LogP contribution in [-0.2, 0) is 10.0 Å². The summed E-state index contributed by atoms with van der Waals surface area (Å²) < 4.78 is 55.0. The van der Waals surface area contributed by atoms with Crippen LogP contribution in [-0.4, -0.2) is 34.9 Å². The number of aliphatic hydroxyl groups is 1. The standard InChI is InChI=1S/C14H11F2N5O3S/c15-10-1-2-11(14-13(10)8(3-17)4-18-14)20-25(23,24)9-5-19-21(6-9)12(16)7-22/h1-2,4-6,12,18,20,22H,7H2. The topological polar surface area (TPSA) is 124 Å². The third-order valence-electron chi connectivity index (χ3n) is 3.48. The monoisotopic (exact) mass is 367 g/mol. The van der Waals surface area contributed by atoms with Crippen molar-refractivity contribution in [1.82, 2.24) is 14.8 Å². The van der Waals surface area contributed by atoms with Gasteiger partial charge < -0.3 is 10.1 Å². The minimum atomic E-state index is -4.14. The Balaban J connectivity index is 2.01. The van der Waals surface area contributed by atoms with Gasteiger partial charge >= 0.3 is 0 Å². The Bertz CT molecular complexity index is 1080. The molecule has 8 nitrogen and oxygen atoms in total. The number of nitrogens with zero attached hydrogens (tertiary/aromatic N) is 3. The van der Waals surface area contributed by atoms with Crippen molar-refractivity contribution in [3.63, 3.8) is 0 Å². The van der Waals surface area contributed by atoms with Crippen LogP contribution < -0.4 is 4.72 Å². The summed E-state index contributed by atoms with van der Waals surface area (Å²) >= 11 is 0. The number of nitriles is 1. The van der Waals surface area contributed by atoms with Crippen LogP contribution >= 0.6 is 0 Å². The zero-order chi connectivity index (χ0) is 18.2. The van der Waals surface area contributed by atoms with Gasteiger partial charge in [0.15, 0.2) is 0 Å². The highest BCUT2D eigenvalue weighted by atomic mass is 32.2. The number of fused-ring (bicyclic) bond motifs is 1. The average molecular weight is 367 g/mol. The van der Waals surface area contributed by atoms with Crippen molar-refractivity contribution >= 4 is 26.6 Å². The predicted molar refractivity (Wildman–Crippen MR) is 83.2 cm³/mol. The van der Waals surface area contributed by atoms with Crippen molar-refractivity contribution in [3.8, 4) is 6.07 Å². The van der Waals surface area contributed by atoms with Gasteiger partial charge in [-0.1, -0.05) is 0 Å². The molecule has 130 valence electrons. The third kappa shape index (κ3) is 2.92. The second-order valence-corrected chi connectivity index (χ2v) is 6.72. The molecular weight excluding hydrogens is 356 g/mol. The van der Waals surface area contributed by atoms with Crippen molar-refractivity contribution in [1.29, 1.82) is 5.26 Å². The van der Waals surface area contributed by atoms with E-state index in [9.17, 15) is 17.2 Å². The van der Waals surface area contributed by atoms with Crippen LogP contribution in [0.15, 0.2) is 35.6 Å². The largest absolute Gasteiger partial charge is 0.391 e. The summed E-state index contributed by atoms with van der Waals surface area (Å²) in [6, 6.07) is 4.03. The first kappa shape index (κ1) is 16.9. The van der Waals surface area contributed by atoms with E-state index in [-0.39, 0.29) is 27.0 Å². The summed E-state index contributed by atoms with van der Waals surface area (Å²) in [5, 5.41) is 21.2. The molecule has 0 aliphatic heterocycles. The highest BCUT2D eigenvalue weighted by Crippen LogP contribution is 2.29. The summed E-state index contributed by atoms with van der Waals surface area (Å²) in [5.41, 5.74) is 0.153. The molecule has 0 radical (unpaired) electrons. The number of halogens is 2. The van der Waals surface area contributed by atoms with Gasteiger partial charge in [0.05, 0.1) is 35.0 Å². The second-order valence-electron chi connectivity index (χ2n) is 5.04. The minimum absolute atomic E-state index is 0.0182. The molecule has 3 rings (SSSR count). The first-order valence-electron chi connectivity index (χ1n) is 6.89. The first-order valence-corrected chi connectivity index (χ1v) is 8.37. The van der Waals surface area contributed by atoms with Crippen LogP contribution in [0.1, 0.15) is 11.9 Å². The number of aliphatic hydroxyl groups excluding tert-OH is 1. The van der Waals surface area contributed by atoms with Crippen molar-refractivity contribution in [3.05, 3.63) is 42.1 Å². The summed E-state index contributed by atoms with van der Waals surface area (Å²) in [6.45, 7) is -0.855. The molecular formula is C14H11F2N5O3S. The molecule has 1 unspecified atom stereocenters. The molecule has 0 aliphatic rings. The summed E-state index contributed by atoms with van der Waals surface area (Å²) in [6.07, 6.45) is 1.22. The molecule has 1 aromatic carbocycles. The van der Waals surface area contributed by atoms with E-state index in [1.165, 1.54) is 12.3 Å². The van der Waals surface area contributed by atoms with E-state index in [1.807, 2.05) is 6.07 Å². The number of aromatic nitrogens is 3. The smallest absolute Gasteiger partial charge is 0.265 e. The molecule has 0 fully saturated rings. The van der Waals surface area contributed by atoms with Gasteiger partial charge in [0, 0.05) is 12.4 Å². The van der Waals surface area contributed by atoms with Gasteiger partial charge in [0.1, 0.15) is 16.8 Å². The lowest BCUT2D eigenvalue weighted by molar-refractivity contribution is 0.113. The van der Waals surface area contributed by atoms with E-state index < -0.39 is 28.7 Å². The Morgan fingerprint density at radius 2 is 2.24 bits per heavy atom. The van der Waals surface area contributed by atoms with Crippen molar-refractivity contribution in [2.24, 2.45) is 0 Å². The van der Waals surface area contributed by atoms with Crippen LogP contribution in [0.5, 0.6) is 0 Å². The number of nitrogens with one attached hydrogen (secondary N) is 2. The van der Waals surface area contributed by atoms with Gasteiger partial charge in [-0.15, -0.1) is 0 Å². The molecule has 0 saturated heterocycles. The number of hydrogen-bond acceptors (Lipinski definition) is 5. The fraction of sp³-hybridized carbons (Fsp3) is 0.143. The van der Waals surface area contributed by atoms with Crippen molar-refractivity contribution < 1.29 is 22.3 Å². The number of anilines is 1. The van der Waals surface area contributed by atoms with Gasteiger partial charge in [-0.2, -0.15) is 10.4 Å². The first-order chi connectivity index (χ1) is 11.9. The molecule has 0 bridgehead atoms. The molecule has 2 aromatic heterocycles. The average Bonchev–Trinajstić information content (AvgIpc) is 3.24. The number of alkyl halides is 1. The molecule has 25 heavy (non-hydrogen) atoms. The zero-order valence-electron chi connectivity index (χ0n) is 12.4. The highest BCUT2D eigenvalue weighted by Gasteiger charge is 2.21. The number of benzene rings is 1. The van der Waals surface area contributed by atoms with E-state index in [4.69, 9.17) is 10.4 Å². The van der Waals surface area contributed by atoms with Crippen LogP contribution in [0, 0.1) is 17.1 Å². The Morgan fingerprint density at radius 3 is 2.92 bits per heavy atom. The maximum atomic E-state index is 13.9. The van der Waals surface area contributed by atoms with Gasteiger partial charge in [-0.3, -0.25) is 4.72 Å². The molecule has 1 atom stereocenters. The molecule has 11 heteroatoms. The quantitative estimate of drug-likeness (QED) is 0.632. The Labute approximate surface area is 140 Å². The zero-order valence-corrected chi connectivity index (χ0v) is 13.3. The SMILES string of the molecule is N#Cc1c[nH]c2c(NS(=O)(=O)c3cnn(C(F)CO)c3)ccc(F)c12. The van der Waals surface area contributed by atoms with Crippen LogP contribution in [0.3, 0.4) is 0 Å². The Hall–Kier alpha value is -2.97. The van der Waals surface area contributed by atoms with E-state index in [0.29, 0.717) is 4.68 Å². The summed E-state index contributed by atoms with van der Waals surface area (Å²) in [7, 11) is -4.14. The fourth-order valence-electron chi connectivity index (χ4n) is 2.28. The predicted octanol–water partition coefficient (Wildman–Crippen LogP) is 1.64. The number of hydrogen-bond donors (Lipinski definition) is 3. The van der Waals surface area contributed by atoms with Crippen LogP contribution in [0.2, 0.25) is 0 Å². The van der Waals surface area contributed by atoms with Gasteiger partial charge in [0.25, 0.3) is 10.0 Å². The fourth-order valence-corrected chi connectivity index (χ4v) is 3.29. The van der Waals surface area contributed by atoms with Gasteiger partial charge in [-0.05, 0) is 12.1 Å². The lowest BCUT2D eigenvalue weighted by Gasteiger charge is -2.08. The molecule has 0 spiro atoms. The maximum Gasteiger partial charge on any atom is 0.265 e.